The Bertz CT molecular complexity index is 969. The SMILES string of the molecule is COc1ccc(S(=O)(=O)Nc2ccccc2C)cc1N1C(=O)CCC1=O. The minimum Gasteiger partial charge on any atom is -0.495 e. The number of nitrogens with zero attached hydrogens (tertiary/aromatic N) is 1. The number of hydrogen-bond donors (Lipinski definition) is 1. The van der Waals surface area contributed by atoms with E-state index in [0.717, 1.165) is 10.5 Å². The van der Waals surface area contributed by atoms with Crippen LogP contribution in [-0.4, -0.2) is 27.3 Å². The Balaban J connectivity index is 2.03. The lowest BCUT2D eigenvalue weighted by molar-refractivity contribution is -0.121. The predicted molar refractivity (Wildman–Crippen MR) is 96.7 cm³/mol. The molecule has 1 fully saturated rings. The molecule has 2 aromatic rings. The zero-order valence-electron chi connectivity index (χ0n) is 14.4. The van der Waals surface area contributed by atoms with Crippen LogP contribution in [0.3, 0.4) is 0 Å². The molecule has 1 saturated heterocycles. The van der Waals surface area contributed by atoms with Gasteiger partial charge in [0.1, 0.15) is 5.75 Å². The third-order valence-electron chi connectivity index (χ3n) is 4.14. The molecule has 0 aliphatic carbocycles. The van der Waals surface area contributed by atoms with Crippen LogP contribution >= 0.6 is 0 Å². The zero-order valence-corrected chi connectivity index (χ0v) is 15.2. The number of benzene rings is 2. The van der Waals surface area contributed by atoms with Crippen molar-refractivity contribution in [2.24, 2.45) is 0 Å². The topological polar surface area (TPSA) is 92.8 Å². The van der Waals surface area contributed by atoms with Gasteiger partial charge < -0.3 is 4.74 Å². The maximum absolute atomic E-state index is 12.7. The molecule has 0 unspecified atom stereocenters. The molecule has 8 heteroatoms. The Morgan fingerprint density at radius 2 is 1.69 bits per heavy atom. The molecule has 1 N–H and O–H groups in total. The summed E-state index contributed by atoms with van der Waals surface area (Å²) in [7, 11) is -2.51. The van der Waals surface area contributed by atoms with Crippen LogP contribution < -0.4 is 14.4 Å². The Morgan fingerprint density at radius 3 is 2.31 bits per heavy atom. The van der Waals surface area contributed by atoms with Crippen molar-refractivity contribution in [1.29, 1.82) is 0 Å². The summed E-state index contributed by atoms with van der Waals surface area (Å²) in [6.07, 6.45) is 0.195. The number of carbonyl (C=O) groups is 2. The summed E-state index contributed by atoms with van der Waals surface area (Å²) in [5, 5.41) is 0. The second-order valence-electron chi connectivity index (χ2n) is 5.88. The van der Waals surface area contributed by atoms with Gasteiger partial charge >= 0.3 is 0 Å². The lowest BCUT2D eigenvalue weighted by Crippen LogP contribution is -2.29. The largest absolute Gasteiger partial charge is 0.495 e. The van der Waals surface area contributed by atoms with E-state index in [9.17, 15) is 18.0 Å². The quantitative estimate of drug-likeness (QED) is 0.812. The average molecular weight is 374 g/mol. The van der Waals surface area contributed by atoms with Gasteiger partial charge in [0.2, 0.25) is 11.8 Å². The first-order valence-electron chi connectivity index (χ1n) is 7.96. The van der Waals surface area contributed by atoms with Gasteiger partial charge in [-0.15, -0.1) is 0 Å². The molecule has 2 aromatic carbocycles. The van der Waals surface area contributed by atoms with Crippen LogP contribution in [0.5, 0.6) is 5.75 Å². The second kappa shape index (κ2) is 6.80. The molecule has 0 spiro atoms. The fraction of sp³-hybridized carbons (Fsp3) is 0.222. The molecule has 0 bridgehead atoms. The third-order valence-corrected chi connectivity index (χ3v) is 5.51. The van der Waals surface area contributed by atoms with Crippen molar-refractivity contribution < 1.29 is 22.7 Å². The number of amides is 2. The van der Waals surface area contributed by atoms with Gasteiger partial charge in [-0.25, -0.2) is 13.3 Å². The van der Waals surface area contributed by atoms with Crippen LogP contribution in [0.25, 0.3) is 0 Å². The van der Waals surface area contributed by atoms with E-state index in [-0.39, 0.29) is 41.0 Å². The Labute approximate surface area is 151 Å². The van der Waals surface area contributed by atoms with Gasteiger partial charge in [-0.05, 0) is 36.8 Å². The number of anilines is 2. The maximum atomic E-state index is 12.7. The molecule has 1 aliphatic rings. The lowest BCUT2D eigenvalue weighted by Gasteiger charge is -2.19. The predicted octanol–water partition coefficient (Wildman–Crippen LogP) is 2.46. The summed E-state index contributed by atoms with van der Waals surface area (Å²) in [4.78, 5) is 25.0. The van der Waals surface area contributed by atoms with Crippen LogP contribution in [0.4, 0.5) is 11.4 Å². The fourth-order valence-electron chi connectivity index (χ4n) is 2.75. The second-order valence-corrected chi connectivity index (χ2v) is 7.56. The first-order chi connectivity index (χ1) is 12.3. The maximum Gasteiger partial charge on any atom is 0.261 e. The summed E-state index contributed by atoms with van der Waals surface area (Å²) in [5.74, 6) is -0.507. The van der Waals surface area contributed by atoms with Crippen molar-refractivity contribution in [2.45, 2.75) is 24.7 Å². The number of sulfonamides is 1. The molecule has 0 radical (unpaired) electrons. The molecule has 0 aromatic heterocycles. The van der Waals surface area contributed by atoms with E-state index in [1.54, 1.807) is 25.1 Å². The summed E-state index contributed by atoms with van der Waals surface area (Å²) in [6.45, 7) is 1.79. The monoisotopic (exact) mass is 374 g/mol. The number of methoxy groups -OCH3 is 1. The molecule has 136 valence electrons. The number of aryl methyl sites for hydroxylation is 1. The number of imide groups is 1. The standard InChI is InChI=1S/C18H18N2O5S/c1-12-5-3-4-6-14(12)19-26(23,24)13-7-8-16(25-2)15(11-13)20-17(21)9-10-18(20)22/h3-8,11,19H,9-10H2,1-2H3. The molecule has 26 heavy (non-hydrogen) atoms. The van der Waals surface area contributed by atoms with Gasteiger partial charge in [-0.3, -0.25) is 14.3 Å². The van der Waals surface area contributed by atoms with Gasteiger partial charge in [-0.2, -0.15) is 0 Å². The Hall–Kier alpha value is -2.87. The number of ether oxygens (including phenoxy) is 1. The molecular weight excluding hydrogens is 356 g/mol. The van der Waals surface area contributed by atoms with Crippen molar-refractivity contribution in [3.8, 4) is 5.75 Å². The van der Waals surface area contributed by atoms with Gasteiger partial charge in [-0.1, -0.05) is 18.2 Å². The number of carbonyl (C=O) groups excluding carboxylic acids is 2. The highest BCUT2D eigenvalue weighted by Crippen LogP contribution is 2.34. The highest BCUT2D eigenvalue weighted by molar-refractivity contribution is 7.92. The summed E-state index contributed by atoms with van der Waals surface area (Å²) >= 11 is 0. The number of nitrogens with one attached hydrogen (secondary N) is 1. The Morgan fingerprint density at radius 1 is 1.04 bits per heavy atom. The van der Waals surface area contributed by atoms with Crippen LogP contribution in [0.15, 0.2) is 47.4 Å². The molecule has 3 rings (SSSR count). The smallest absolute Gasteiger partial charge is 0.261 e. The van der Waals surface area contributed by atoms with E-state index in [4.69, 9.17) is 4.74 Å². The molecule has 1 heterocycles. The van der Waals surface area contributed by atoms with Crippen molar-refractivity contribution >= 4 is 33.2 Å². The van der Waals surface area contributed by atoms with E-state index in [1.807, 2.05) is 6.07 Å². The summed E-state index contributed by atoms with van der Waals surface area (Å²) in [5.41, 5.74) is 1.36. The van der Waals surface area contributed by atoms with Crippen LogP contribution in [-0.2, 0) is 19.6 Å². The summed E-state index contributed by atoms with van der Waals surface area (Å²) in [6, 6.07) is 11.1. The first-order valence-corrected chi connectivity index (χ1v) is 9.44. The lowest BCUT2D eigenvalue weighted by atomic mass is 10.2. The average Bonchev–Trinajstić information content (AvgIpc) is 2.94. The highest BCUT2D eigenvalue weighted by atomic mass is 32.2. The first kappa shape index (κ1) is 17.9. The van der Waals surface area contributed by atoms with E-state index in [2.05, 4.69) is 4.72 Å². The minimum atomic E-state index is -3.90. The van der Waals surface area contributed by atoms with Crippen molar-refractivity contribution in [3.63, 3.8) is 0 Å². The van der Waals surface area contributed by atoms with Crippen molar-refractivity contribution in [1.82, 2.24) is 0 Å². The number of rotatable bonds is 5. The summed E-state index contributed by atoms with van der Waals surface area (Å²) < 4.78 is 33.2. The zero-order chi connectivity index (χ0) is 18.9. The number of hydrogen-bond acceptors (Lipinski definition) is 5. The number of para-hydroxylation sites is 1. The molecular formula is C18H18N2O5S. The van der Waals surface area contributed by atoms with Crippen molar-refractivity contribution in [3.05, 3.63) is 48.0 Å². The van der Waals surface area contributed by atoms with Gasteiger partial charge in [0.25, 0.3) is 10.0 Å². The molecule has 1 aliphatic heterocycles. The van der Waals surface area contributed by atoms with Crippen LogP contribution in [0.2, 0.25) is 0 Å². The molecule has 0 saturated carbocycles. The minimum absolute atomic E-state index is 0.0657. The molecule has 7 nitrogen and oxygen atoms in total. The third kappa shape index (κ3) is 3.28. The van der Waals surface area contributed by atoms with Crippen LogP contribution in [0, 0.1) is 6.92 Å². The van der Waals surface area contributed by atoms with Crippen molar-refractivity contribution in [2.75, 3.05) is 16.7 Å². The fourth-order valence-corrected chi connectivity index (χ4v) is 3.90. The van der Waals surface area contributed by atoms with Gasteiger partial charge in [0.15, 0.2) is 0 Å². The van der Waals surface area contributed by atoms with Gasteiger partial charge in [0, 0.05) is 12.8 Å². The van der Waals surface area contributed by atoms with Gasteiger partial charge in [0.05, 0.1) is 23.4 Å². The van der Waals surface area contributed by atoms with E-state index >= 15 is 0 Å². The highest BCUT2D eigenvalue weighted by Gasteiger charge is 2.33. The molecule has 2 amide bonds. The molecule has 0 atom stereocenters. The Kier molecular flexibility index (Phi) is 4.69. The van der Waals surface area contributed by atoms with E-state index in [1.165, 1.54) is 25.3 Å². The van der Waals surface area contributed by atoms with E-state index in [0.29, 0.717) is 5.69 Å². The van der Waals surface area contributed by atoms with Crippen LogP contribution in [0.1, 0.15) is 18.4 Å². The van der Waals surface area contributed by atoms with E-state index < -0.39 is 10.0 Å². The normalized spacial score (nSPS) is 14.6.